The molecule has 1 aromatic carbocycles. The van der Waals surface area contributed by atoms with Gasteiger partial charge < -0.3 is 10.3 Å². The minimum Gasteiger partial charge on any atom is -0.383 e. The highest BCUT2D eigenvalue weighted by Crippen LogP contribution is 2.29. The van der Waals surface area contributed by atoms with Gasteiger partial charge >= 0.3 is 0 Å². The van der Waals surface area contributed by atoms with Gasteiger partial charge in [0.05, 0.1) is 0 Å². The molecule has 1 heterocycles. The van der Waals surface area contributed by atoms with E-state index in [1.54, 1.807) is 6.07 Å². The Labute approximate surface area is 106 Å². The molecule has 2 aromatic rings. The van der Waals surface area contributed by atoms with Gasteiger partial charge in [-0.25, -0.2) is 9.37 Å². The first-order chi connectivity index (χ1) is 8.54. The van der Waals surface area contributed by atoms with Crippen molar-refractivity contribution in [3.8, 4) is 11.3 Å². The summed E-state index contributed by atoms with van der Waals surface area (Å²) in [5.41, 5.74) is 7.53. The van der Waals surface area contributed by atoms with Gasteiger partial charge in [0.1, 0.15) is 23.2 Å². The first-order valence-electron chi connectivity index (χ1n) is 6.17. The number of rotatable bonds is 3. The summed E-state index contributed by atoms with van der Waals surface area (Å²) in [6, 6.07) is 6.62. The molecule has 4 heteroatoms. The number of anilines is 1. The minimum absolute atomic E-state index is 0.245. The highest BCUT2D eigenvalue weighted by atomic mass is 19.1. The summed E-state index contributed by atoms with van der Waals surface area (Å²) in [6.07, 6.45) is 0.803. The Balaban J connectivity index is 2.59. The van der Waals surface area contributed by atoms with Crippen molar-refractivity contribution in [2.24, 2.45) is 0 Å². The Morgan fingerprint density at radius 3 is 2.61 bits per heavy atom. The van der Waals surface area contributed by atoms with Crippen LogP contribution in [0.3, 0.4) is 0 Å². The number of nitrogens with zero attached hydrogens (tertiary/aromatic N) is 2. The molecule has 0 fully saturated rings. The first-order valence-corrected chi connectivity index (χ1v) is 6.17. The van der Waals surface area contributed by atoms with Gasteiger partial charge in [0.2, 0.25) is 0 Å². The van der Waals surface area contributed by atoms with E-state index in [4.69, 9.17) is 5.73 Å². The van der Waals surface area contributed by atoms with E-state index in [0.29, 0.717) is 11.5 Å². The zero-order chi connectivity index (χ0) is 13.3. The van der Waals surface area contributed by atoms with Gasteiger partial charge in [0.25, 0.3) is 0 Å². The van der Waals surface area contributed by atoms with Crippen LogP contribution in [0.1, 0.15) is 32.6 Å². The lowest BCUT2D eigenvalue weighted by Crippen LogP contribution is -2.08. The van der Waals surface area contributed by atoms with Gasteiger partial charge in [0.15, 0.2) is 0 Å². The number of benzene rings is 1. The fraction of sp³-hybridized carbons (Fsp3) is 0.357. The van der Waals surface area contributed by atoms with Gasteiger partial charge in [-0.1, -0.05) is 19.1 Å². The van der Waals surface area contributed by atoms with Crippen LogP contribution in [-0.2, 0) is 6.42 Å². The monoisotopic (exact) mass is 247 g/mol. The van der Waals surface area contributed by atoms with Gasteiger partial charge in [0, 0.05) is 18.0 Å². The standard InChI is InChI=1S/C14H18FN3/c1-4-12-17-13(14(16)18(12)9(2)3)10-6-5-7-11(15)8-10/h5-9H,4,16H2,1-3H3. The van der Waals surface area contributed by atoms with Gasteiger partial charge in [-0.2, -0.15) is 0 Å². The zero-order valence-corrected chi connectivity index (χ0v) is 10.9. The summed E-state index contributed by atoms with van der Waals surface area (Å²) in [5, 5.41) is 0. The van der Waals surface area contributed by atoms with Crippen molar-refractivity contribution >= 4 is 5.82 Å². The molecule has 0 aliphatic rings. The Kier molecular flexibility index (Phi) is 3.36. The molecule has 0 spiro atoms. The number of hydrogen-bond donors (Lipinski definition) is 1. The summed E-state index contributed by atoms with van der Waals surface area (Å²) < 4.78 is 15.3. The minimum atomic E-state index is -0.274. The molecule has 0 aliphatic heterocycles. The van der Waals surface area contributed by atoms with Crippen LogP contribution in [0.25, 0.3) is 11.3 Å². The topological polar surface area (TPSA) is 43.8 Å². The average Bonchev–Trinajstić information content (AvgIpc) is 2.66. The van der Waals surface area contributed by atoms with Crippen LogP contribution in [0.15, 0.2) is 24.3 Å². The quantitative estimate of drug-likeness (QED) is 0.903. The number of nitrogens with two attached hydrogens (primary N) is 1. The van der Waals surface area contributed by atoms with E-state index in [0.717, 1.165) is 17.8 Å². The molecular weight excluding hydrogens is 229 g/mol. The van der Waals surface area contributed by atoms with E-state index in [1.165, 1.54) is 12.1 Å². The number of aryl methyl sites for hydroxylation is 1. The molecule has 0 saturated heterocycles. The van der Waals surface area contributed by atoms with E-state index in [2.05, 4.69) is 18.8 Å². The van der Waals surface area contributed by atoms with Crippen molar-refractivity contribution in [2.45, 2.75) is 33.2 Å². The van der Waals surface area contributed by atoms with Gasteiger partial charge in [-0.15, -0.1) is 0 Å². The van der Waals surface area contributed by atoms with Crippen molar-refractivity contribution in [3.05, 3.63) is 35.9 Å². The maximum Gasteiger partial charge on any atom is 0.131 e. The molecule has 0 amide bonds. The Morgan fingerprint density at radius 2 is 2.11 bits per heavy atom. The summed E-state index contributed by atoms with van der Waals surface area (Å²) >= 11 is 0. The van der Waals surface area contributed by atoms with Crippen molar-refractivity contribution in [3.63, 3.8) is 0 Å². The second-order valence-electron chi connectivity index (χ2n) is 4.59. The van der Waals surface area contributed by atoms with E-state index in [1.807, 2.05) is 17.6 Å². The van der Waals surface area contributed by atoms with Crippen LogP contribution in [0.4, 0.5) is 10.2 Å². The second kappa shape index (κ2) is 4.80. The molecule has 0 aliphatic carbocycles. The van der Waals surface area contributed by atoms with Crippen LogP contribution in [0.2, 0.25) is 0 Å². The van der Waals surface area contributed by atoms with Crippen molar-refractivity contribution in [1.82, 2.24) is 9.55 Å². The van der Waals surface area contributed by atoms with E-state index in [-0.39, 0.29) is 11.9 Å². The molecule has 0 bridgehead atoms. The number of hydrogen-bond acceptors (Lipinski definition) is 2. The third-order valence-electron chi connectivity index (χ3n) is 2.95. The van der Waals surface area contributed by atoms with Crippen LogP contribution < -0.4 is 5.73 Å². The summed E-state index contributed by atoms with van der Waals surface area (Å²) in [4.78, 5) is 4.53. The van der Waals surface area contributed by atoms with Crippen LogP contribution in [0.5, 0.6) is 0 Å². The molecule has 3 nitrogen and oxygen atoms in total. The Morgan fingerprint density at radius 1 is 1.39 bits per heavy atom. The van der Waals surface area contributed by atoms with E-state index < -0.39 is 0 Å². The normalized spacial score (nSPS) is 11.2. The molecule has 0 unspecified atom stereocenters. The van der Waals surface area contributed by atoms with E-state index >= 15 is 0 Å². The predicted octanol–water partition coefficient (Wildman–Crippen LogP) is 3.41. The molecule has 0 atom stereocenters. The van der Waals surface area contributed by atoms with Gasteiger partial charge in [-0.3, -0.25) is 0 Å². The molecule has 18 heavy (non-hydrogen) atoms. The average molecular weight is 247 g/mol. The second-order valence-corrected chi connectivity index (χ2v) is 4.59. The van der Waals surface area contributed by atoms with Crippen LogP contribution >= 0.6 is 0 Å². The molecular formula is C14H18FN3. The smallest absolute Gasteiger partial charge is 0.131 e. The highest BCUT2D eigenvalue weighted by molar-refractivity contribution is 5.71. The number of halogens is 1. The molecule has 1 aromatic heterocycles. The lowest BCUT2D eigenvalue weighted by atomic mass is 10.1. The third-order valence-corrected chi connectivity index (χ3v) is 2.95. The van der Waals surface area contributed by atoms with Crippen molar-refractivity contribution in [2.75, 3.05) is 5.73 Å². The van der Waals surface area contributed by atoms with Crippen molar-refractivity contribution in [1.29, 1.82) is 0 Å². The third kappa shape index (κ3) is 2.10. The summed E-state index contributed by atoms with van der Waals surface area (Å²) in [5.74, 6) is 1.26. The van der Waals surface area contributed by atoms with Crippen LogP contribution in [-0.4, -0.2) is 9.55 Å². The largest absolute Gasteiger partial charge is 0.383 e. The summed E-state index contributed by atoms with van der Waals surface area (Å²) in [7, 11) is 0. The van der Waals surface area contributed by atoms with Crippen molar-refractivity contribution < 1.29 is 4.39 Å². The molecule has 2 rings (SSSR count). The Hall–Kier alpha value is -1.84. The Bertz CT molecular complexity index is 558. The SMILES string of the molecule is CCc1nc(-c2cccc(F)c2)c(N)n1C(C)C. The molecule has 0 radical (unpaired) electrons. The molecule has 96 valence electrons. The lowest BCUT2D eigenvalue weighted by Gasteiger charge is -2.12. The fourth-order valence-corrected chi connectivity index (χ4v) is 2.17. The molecule has 2 N–H and O–H groups in total. The van der Waals surface area contributed by atoms with E-state index in [9.17, 15) is 4.39 Å². The maximum atomic E-state index is 13.3. The number of aromatic nitrogens is 2. The predicted molar refractivity (Wildman–Crippen MR) is 71.8 cm³/mol. The number of imidazole rings is 1. The first kappa shape index (κ1) is 12.6. The fourth-order valence-electron chi connectivity index (χ4n) is 2.17. The lowest BCUT2D eigenvalue weighted by molar-refractivity contribution is 0.579. The zero-order valence-electron chi connectivity index (χ0n) is 10.9. The van der Waals surface area contributed by atoms with Gasteiger partial charge in [-0.05, 0) is 26.0 Å². The molecule has 0 saturated carbocycles. The number of nitrogen functional groups attached to an aromatic ring is 1. The maximum absolute atomic E-state index is 13.3. The van der Waals surface area contributed by atoms with Crippen LogP contribution in [0, 0.1) is 5.82 Å². The highest BCUT2D eigenvalue weighted by Gasteiger charge is 2.17. The summed E-state index contributed by atoms with van der Waals surface area (Å²) in [6.45, 7) is 6.16.